The number of nitrogens with two attached hydrogens (primary N) is 1. The van der Waals surface area contributed by atoms with Crippen LogP contribution in [0.3, 0.4) is 0 Å². The van der Waals surface area contributed by atoms with Gasteiger partial charge in [0.1, 0.15) is 11.9 Å². The molecule has 8 N–H and O–H groups in total. The number of phosphoric ester groups is 2. The van der Waals surface area contributed by atoms with Gasteiger partial charge in [0.05, 0.1) is 0 Å². The van der Waals surface area contributed by atoms with Crippen LogP contribution >= 0.6 is 23.8 Å². The Morgan fingerprint density at radius 2 is 1.84 bits per heavy atom. The van der Waals surface area contributed by atoms with Crippen LogP contribution < -0.4 is 11.4 Å². The van der Waals surface area contributed by atoms with Gasteiger partial charge in [-0.3, -0.25) is 4.57 Å². The molecule has 38 heavy (non-hydrogen) atoms. The predicted molar refractivity (Wildman–Crippen MR) is 119 cm³/mol. The van der Waals surface area contributed by atoms with Crippen LogP contribution in [-0.4, -0.2) is 96.1 Å². The second-order valence-electron chi connectivity index (χ2n) is 8.43. The molecule has 0 aromatic carbocycles. The monoisotopic (exact) mass is 613 g/mol. The molecule has 4 fully saturated rings. The first-order valence-electron chi connectivity index (χ1n) is 10.6. The quantitative estimate of drug-likeness (QED) is 0.114. The van der Waals surface area contributed by atoms with Crippen LogP contribution in [0.4, 0.5) is 5.82 Å². The van der Waals surface area contributed by atoms with E-state index in [9.17, 15) is 44.1 Å². The molecule has 0 amide bonds. The summed E-state index contributed by atoms with van der Waals surface area (Å²) in [7, 11) is -14.2. The summed E-state index contributed by atoms with van der Waals surface area (Å²) in [6, 6.07) is 1.22. The van der Waals surface area contributed by atoms with E-state index in [1.165, 1.54) is 13.0 Å². The van der Waals surface area contributed by atoms with Gasteiger partial charge in [-0.25, -0.2) is 4.79 Å². The molecule has 4 aliphatic rings. The standard InChI is InChI=1S/C15H26N3O17P3/c1-15(6-19,34-38-31-14(32-38)33-38)8(20)5-29-37(26,27)35-36(24,25)28-4-7-10(21)11(22)12(30-7)18-3-2-9(16)17-13(18)23/h2-3,7-8,10-12,14,19-22,38H,4-6H2,1H3,(H,24,25)(H,26,27)(H2,16,17,23)/t7-,8-,10+,11?,12-,15+/m1/s1. The summed E-state index contributed by atoms with van der Waals surface area (Å²) < 4.78 is 64.1. The van der Waals surface area contributed by atoms with E-state index in [1.807, 2.05) is 0 Å². The van der Waals surface area contributed by atoms with Crippen LogP contribution in [0.1, 0.15) is 13.2 Å². The molecule has 4 saturated heterocycles. The number of ether oxygens (including phenoxy) is 1. The molecule has 5 rings (SSSR count). The van der Waals surface area contributed by atoms with Gasteiger partial charge < -0.3 is 15.9 Å². The zero-order valence-corrected chi connectivity index (χ0v) is 22.1. The van der Waals surface area contributed by atoms with E-state index >= 15 is 0 Å². The Bertz CT molecular complexity index is 1170. The number of aliphatic hydroxyl groups excluding tert-OH is 4. The second kappa shape index (κ2) is 10.8. The van der Waals surface area contributed by atoms with Gasteiger partial charge in [0.25, 0.3) is 0 Å². The summed E-state index contributed by atoms with van der Waals surface area (Å²) in [5.41, 5.74) is 2.64. The fourth-order valence-electron chi connectivity index (χ4n) is 3.35. The molecule has 20 nitrogen and oxygen atoms in total. The molecule has 1 aromatic heterocycles. The van der Waals surface area contributed by atoms with Gasteiger partial charge in [-0.15, -0.1) is 0 Å². The van der Waals surface area contributed by atoms with Crippen LogP contribution in [0.2, 0.25) is 0 Å². The number of nitrogens with zero attached hydrogens (tertiary/aromatic N) is 2. The Balaban J connectivity index is 1.29. The van der Waals surface area contributed by atoms with Crippen molar-refractivity contribution in [1.29, 1.82) is 0 Å². The molecular weight excluding hydrogens is 587 g/mol. The molecule has 0 saturated carbocycles. The van der Waals surface area contributed by atoms with Crippen LogP contribution in [-0.2, 0) is 45.3 Å². The SMILES string of the molecule is C[C@@](CO)(O[PH]12OC(O1)O2)[C@H](O)COP(=O)(O)OP(=O)(O)OC[C@H]1O[C@@H](n2ccc(N)nc2=O)C(O)[C@H]1O. The number of anilines is 1. The van der Waals surface area contributed by atoms with Crippen molar-refractivity contribution in [3.05, 3.63) is 22.7 Å². The third-order valence-electron chi connectivity index (χ3n) is 5.57. The van der Waals surface area contributed by atoms with Crippen molar-refractivity contribution >= 4 is 29.6 Å². The van der Waals surface area contributed by atoms with E-state index in [1.54, 1.807) is 0 Å². The first kappa shape index (κ1) is 30.0. The molecule has 4 aliphatic heterocycles. The molecule has 1 aromatic rings. The summed E-state index contributed by atoms with van der Waals surface area (Å²) >= 11 is 0. The minimum absolute atomic E-state index is 0.109. The fraction of sp³-hybridized carbons (Fsp3) is 0.733. The van der Waals surface area contributed by atoms with Gasteiger partial charge in [-0.1, -0.05) is 0 Å². The molecule has 0 spiro atoms. The van der Waals surface area contributed by atoms with Crippen LogP contribution in [0.25, 0.3) is 0 Å². The number of hydrogen-bond acceptors (Lipinski definition) is 17. The molecule has 23 heteroatoms. The van der Waals surface area contributed by atoms with Crippen molar-refractivity contribution < 1.29 is 75.5 Å². The molecule has 218 valence electrons. The molecule has 0 aliphatic carbocycles. The average Bonchev–Trinajstić information content (AvgIpc) is 3.05. The summed E-state index contributed by atoms with van der Waals surface area (Å²) in [4.78, 5) is 35.1. The summed E-state index contributed by atoms with van der Waals surface area (Å²) in [6.07, 6.45) is -7.06. The number of hydrogen-bond donors (Lipinski definition) is 7. The zero-order valence-electron chi connectivity index (χ0n) is 19.3. The van der Waals surface area contributed by atoms with E-state index in [4.69, 9.17) is 28.6 Å². The Hall–Kier alpha value is -0.990. The average molecular weight is 613 g/mol. The second-order valence-corrected chi connectivity index (χ2v) is 13.4. The molecule has 2 bridgehead atoms. The minimum atomic E-state index is -5.38. The third kappa shape index (κ3) is 6.33. The van der Waals surface area contributed by atoms with Crippen molar-refractivity contribution in [1.82, 2.24) is 9.55 Å². The van der Waals surface area contributed by atoms with Gasteiger partial charge >= 0.3 is 152 Å². The number of nitrogen functional groups attached to an aromatic ring is 1. The maximum atomic E-state index is 12.2. The number of rotatable bonds is 13. The Kier molecular flexibility index (Phi) is 8.50. The third-order valence-corrected chi connectivity index (χ3v) is 10.3. The summed E-state index contributed by atoms with van der Waals surface area (Å²) in [6.45, 7) is -2.52. The van der Waals surface area contributed by atoms with Crippen molar-refractivity contribution in [2.24, 2.45) is 0 Å². The van der Waals surface area contributed by atoms with Crippen LogP contribution in [0.5, 0.6) is 0 Å². The minimum Gasteiger partial charge on any atom is -0.387 e. The Morgan fingerprint density at radius 3 is 2.39 bits per heavy atom. The molecular formula is C15H26N3O17P3. The number of aromatic nitrogens is 2. The van der Waals surface area contributed by atoms with Gasteiger partial charge in [0.15, 0.2) is 6.23 Å². The van der Waals surface area contributed by atoms with Gasteiger partial charge in [0.2, 0.25) is 0 Å². The van der Waals surface area contributed by atoms with E-state index in [2.05, 4.69) is 18.3 Å². The molecule has 8 atom stereocenters. The Morgan fingerprint density at radius 1 is 1.21 bits per heavy atom. The summed E-state index contributed by atoms with van der Waals surface area (Å²) in [5, 5.41) is 40.2. The number of aliphatic hydroxyl groups is 4. The van der Waals surface area contributed by atoms with Crippen LogP contribution in [0.15, 0.2) is 17.1 Å². The zero-order chi connectivity index (χ0) is 28.1. The first-order chi connectivity index (χ1) is 17.6. The van der Waals surface area contributed by atoms with E-state index in [0.29, 0.717) is 0 Å². The van der Waals surface area contributed by atoms with Gasteiger partial charge in [0, 0.05) is 6.20 Å². The van der Waals surface area contributed by atoms with E-state index < -0.39 is 92.0 Å². The Labute approximate surface area is 213 Å². The maximum absolute atomic E-state index is 12.2. The van der Waals surface area contributed by atoms with Crippen molar-refractivity contribution in [2.75, 3.05) is 25.6 Å². The first-order valence-corrected chi connectivity index (χ1v) is 15.2. The van der Waals surface area contributed by atoms with E-state index in [-0.39, 0.29) is 5.82 Å². The predicted octanol–water partition coefficient (Wildman–Crippen LogP) is -2.41. The van der Waals surface area contributed by atoms with Crippen molar-refractivity contribution in [3.8, 4) is 0 Å². The number of phosphoric acid groups is 2. The van der Waals surface area contributed by atoms with Crippen molar-refractivity contribution in [3.63, 3.8) is 0 Å². The van der Waals surface area contributed by atoms with Crippen LogP contribution in [0, 0.1) is 0 Å². The van der Waals surface area contributed by atoms with Gasteiger partial charge in [-0.2, -0.15) is 4.98 Å². The molecule has 5 heterocycles. The molecule has 3 unspecified atom stereocenters. The van der Waals surface area contributed by atoms with Crippen molar-refractivity contribution in [2.45, 2.75) is 49.6 Å². The summed E-state index contributed by atoms with van der Waals surface area (Å²) in [5.74, 6) is -0.109. The topological polar surface area (TPSA) is 290 Å². The smallest absolute Gasteiger partial charge is 0.387 e. The fourth-order valence-corrected chi connectivity index (χ4v) is 7.11. The van der Waals surface area contributed by atoms with E-state index in [0.717, 1.165) is 10.8 Å². The molecule has 0 radical (unpaired) electrons. The van der Waals surface area contributed by atoms with Gasteiger partial charge in [-0.05, 0) is 6.07 Å². The normalized spacial score (nSPS) is 34.1.